The van der Waals surface area contributed by atoms with Crippen molar-refractivity contribution >= 4 is 28.7 Å². The van der Waals surface area contributed by atoms with Gasteiger partial charge in [0.1, 0.15) is 5.82 Å². The first-order chi connectivity index (χ1) is 11.1. The summed E-state index contributed by atoms with van der Waals surface area (Å²) in [6, 6.07) is 8.59. The highest BCUT2D eigenvalue weighted by Crippen LogP contribution is 2.27. The van der Waals surface area contributed by atoms with Crippen LogP contribution in [0.3, 0.4) is 0 Å². The number of rotatable bonds is 5. The summed E-state index contributed by atoms with van der Waals surface area (Å²) in [5.74, 6) is 1.49. The molecule has 23 heavy (non-hydrogen) atoms. The van der Waals surface area contributed by atoms with E-state index in [9.17, 15) is 4.79 Å². The Labute approximate surface area is 140 Å². The predicted octanol–water partition coefficient (Wildman–Crippen LogP) is 2.74. The van der Waals surface area contributed by atoms with Crippen molar-refractivity contribution in [3.05, 3.63) is 30.1 Å². The predicted molar refractivity (Wildman–Crippen MR) is 95.3 cm³/mol. The van der Waals surface area contributed by atoms with Gasteiger partial charge in [-0.1, -0.05) is 12.1 Å². The first-order valence-electron chi connectivity index (χ1n) is 8.23. The summed E-state index contributed by atoms with van der Waals surface area (Å²) in [6.45, 7) is 2.08. The van der Waals surface area contributed by atoms with Crippen molar-refractivity contribution in [2.24, 2.45) is 5.73 Å². The largest absolute Gasteiger partial charge is 0.353 e. The number of carbonyl (C=O) groups excluding carboxylic acids is 1. The number of nitrogens with one attached hydrogen (secondary N) is 2. The number of nitrogens with zero attached hydrogens (tertiary/aromatic N) is 1. The average Bonchev–Trinajstić information content (AvgIpc) is 2.99. The van der Waals surface area contributed by atoms with Crippen LogP contribution in [0.1, 0.15) is 43.7 Å². The summed E-state index contributed by atoms with van der Waals surface area (Å²) in [7, 11) is 0. The van der Waals surface area contributed by atoms with Crippen LogP contribution in [0.25, 0.3) is 11.0 Å². The van der Waals surface area contributed by atoms with E-state index >= 15 is 0 Å². The molecular weight excluding hydrogens is 308 g/mol. The smallest absolute Gasteiger partial charge is 0.230 e. The molecule has 0 aliphatic heterocycles. The fourth-order valence-corrected chi connectivity index (χ4v) is 3.73. The van der Waals surface area contributed by atoms with Crippen LogP contribution in [0.15, 0.2) is 24.3 Å². The molecule has 1 atom stereocenters. The Kier molecular flexibility index (Phi) is 5.23. The fourth-order valence-electron chi connectivity index (χ4n) is 2.98. The molecule has 124 valence electrons. The van der Waals surface area contributed by atoms with Crippen molar-refractivity contribution in [3.8, 4) is 0 Å². The summed E-state index contributed by atoms with van der Waals surface area (Å²) in [6.07, 6.45) is 4.01. The molecule has 4 N–H and O–H groups in total. The fraction of sp³-hybridized carbons (Fsp3) is 0.529. The number of aromatic nitrogens is 2. The number of H-pyrrole nitrogens is 1. The normalized spacial score (nSPS) is 22.9. The van der Waals surface area contributed by atoms with Crippen molar-refractivity contribution in [1.29, 1.82) is 0 Å². The molecule has 1 aromatic heterocycles. The summed E-state index contributed by atoms with van der Waals surface area (Å²) < 4.78 is 0. The van der Waals surface area contributed by atoms with E-state index in [-0.39, 0.29) is 11.2 Å². The quantitative estimate of drug-likeness (QED) is 0.786. The number of amides is 1. The highest BCUT2D eigenvalue weighted by Gasteiger charge is 2.20. The first kappa shape index (κ1) is 16.3. The third-order valence-electron chi connectivity index (χ3n) is 4.39. The number of thioether (sulfide) groups is 1. The molecule has 1 aromatic carbocycles. The third-order valence-corrected chi connectivity index (χ3v) is 5.55. The van der Waals surface area contributed by atoms with Crippen molar-refractivity contribution in [2.75, 3.05) is 5.75 Å². The van der Waals surface area contributed by atoms with Crippen LogP contribution in [-0.4, -0.2) is 33.7 Å². The minimum absolute atomic E-state index is 0.110. The molecule has 1 aliphatic rings. The van der Waals surface area contributed by atoms with E-state index in [1.54, 1.807) is 11.8 Å². The number of para-hydroxylation sites is 2. The van der Waals surface area contributed by atoms with E-state index < -0.39 is 0 Å². The number of nitrogens with two attached hydrogens (primary N) is 1. The van der Waals surface area contributed by atoms with Crippen LogP contribution >= 0.6 is 11.8 Å². The van der Waals surface area contributed by atoms with Gasteiger partial charge < -0.3 is 16.0 Å². The van der Waals surface area contributed by atoms with Gasteiger partial charge in [0.25, 0.3) is 0 Å². The topological polar surface area (TPSA) is 83.8 Å². The molecule has 1 fully saturated rings. The Balaban J connectivity index is 1.48. The standard InChI is InChI=1S/C17H24N4OS/c1-11(17-20-14-4-2-3-5-15(14)21-17)23-10-16(22)19-13-8-6-12(18)7-9-13/h2-5,11-13H,6-10,18H2,1H3,(H,19,22)(H,20,21). The Bertz CT molecular complexity index is 630. The monoisotopic (exact) mass is 332 g/mol. The van der Waals surface area contributed by atoms with Gasteiger partial charge >= 0.3 is 0 Å². The van der Waals surface area contributed by atoms with Crippen LogP contribution < -0.4 is 11.1 Å². The second-order valence-electron chi connectivity index (χ2n) is 6.27. The van der Waals surface area contributed by atoms with Crippen molar-refractivity contribution in [2.45, 2.75) is 49.9 Å². The van der Waals surface area contributed by atoms with Crippen molar-refractivity contribution < 1.29 is 4.79 Å². The molecular formula is C17H24N4OS. The van der Waals surface area contributed by atoms with Gasteiger partial charge in [0.2, 0.25) is 5.91 Å². The van der Waals surface area contributed by atoms with Gasteiger partial charge in [0, 0.05) is 12.1 Å². The molecule has 3 rings (SSSR count). The molecule has 0 bridgehead atoms. The van der Waals surface area contributed by atoms with E-state index in [4.69, 9.17) is 5.73 Å². The van der Waals surface area contributed by atoms with E-state index in [0.29, 0.717) is 17.8 Å². The third kappa shape index (κ3) is 4.26. The van der Waals surface area contributed by atoms with Gasteiger partial charge in [-0.2, -0.15) is 0 Å². The van der Waals surface area contributed by atoms with Crippen LogP contribution in [0, 0.1) is 0 Å². The van der Waals surface area contributed by atoms with Crippen molar-refractivity contribution in [1.82, 2.24) is 15.3 Å². The van der Waals surface area contributed by atoms with Gasteiger partial charge in [-0.05, 0) is 44.7 Å². The Morgan fingerprint density at radius 2 is 2.13 bits per heavy atom. The summed E-state index contributed by atoms with van der Waals surface area (Å²) in [4.78, 5) is 20.0. The number of hydrogen-bond donors (Lipinski definition) is 3. The molecule has 2 aromatic rings. The minimum Gasteiger partial charge on any atom is -0.353 e. The van der Waals surface area contributed by atoms with E-state index in [0.717, 1.165) is 42.5 Å². The Hall–Kier alpha value is -1.53. The van der Waals surface area contributed by atoms with Crippen molar-refractivity contribution in [3.63, 3.8) is 0 Å². The maximum atomic E-state index is 12.1. The van der Waals surface area contributed by atoms with Gasteiger partial charge in [0.05, 0.1) is 22.0 Å². The van der Waals surface area contributed by atoms with Crippen LogP contribution in [0.5, 0.6) is 0 Å². The molecule has 1 saturated carbocycles. The summed E-state index contributed by atoms with van der Waals surface area (Å²) in [5, 5.41) is 3.29. The maximum absolute atomic E-state index is 12.1. The Morgan fingerprint density at radius 1 is 1.39 bits per heavy atom. The van der Waals surface area contributed by atoms with Gasteiger partial charge in [-0.25, -0.2) is 4.98 Å². The molecule has 1 heterocycles. The number of aromatic amines is 1. The lowest BCUT2D eigenvalue weighted by Gasteiger charge is -2.26. The zero-order valence-corrected chi connectivity index (χ0v) is 14.2. The molecule has 0 spiro atoms. The number of imidazole rings is 1. The first-order valence-corrected chi connectivity index (χ1v) is 9.28. The van der Waals surface area contributed by atoms with Gasteiger partial charge in [0.15, 0.2) is 0 Å². The number of hydrogen-bond acceptors (Lipinski definition) is 4. The molecule has 1 unspecified atom stereocenters. The molecule has 1 amide bonds. The molecule has 0 saturated heterocycles. The highest BCUT2D eigenvalue weighted by molar-refractivity contribution is 8.00. The Morgan fingerprint density at radius 3 is 2.87 bits per heavy atom. The lowest BCUT2D eigenvalue weighted by molar-refractivity contribution is -0.119. The molecule has 5 nitrogen and oxygen atoms in total. The van der Waals surface area contributed by atoms with Crippen LogP contribution in [0.4, 0.5) is 0 Å². The van der Waals surface area contributed by atoms with Crippen LogP contribution in [0.2, 0.25) is 0 Å². The van der Waals surface area contributed by atoms with Gasteiger partial charge in [-0.15, -0.1) is 11.8 Å². The van der Waals surface area contributed by atoms with Gasteiger partial charge in [-0.3, -0.25) is 4.79 Å². The lowest BCUT2D eigenvalue weighted by Crippen LogP contribution is -2.41. The zero-order valence-electron chi connectivity index (χ0n) is 13.4. The zero-order chi connectivity index (χ0) is 16.2. The van der Waals surface area contributed by atoms with E-state index in [2.05, 4.69) is 22.2 Å². The molecule has 1 aliphatic carbocycles. The average molecular weight is 332 g/mol. The SMILES string of the molecule is CC(SCC(=O)NC1CCC(N)CC1)c1nc2ccccc2[nH]1. The molecule has 6 heteroatoms. The number of benzene rings is 1. The number of fused-ring (bicyclic) bond motifs is 1. The second kappa shape index (κ2) is 7.36. The second-order valence-corrected chi connectivity index (χ2v) is 7.60. The minimum atomic E-state index is 0.110. The summed E-state index contributed by atoms with van der Waals surface area (Å²) >= 11 is 1.61. The van der Waals surface area contributed by atoms with Crippen LogP contribution in [-0.2, 0) is 4.79 Å². The maximum Gasteiger partial charge on any atom is 0.230 e. The highest BCUT2D eigenvalue weighted by atomic mass is 32.2. The van der Waals surface area contributed by atoms with E-state index in [1.807, 2.05) is 24.3 Å². The lowest BCUT2D eigenvalue weighted by atomic mass is 9.92. The summed E-state index contributed by atoms with van der Waals surface area (Å²) in [5.41, 5.74) is 7.91. The molecule has 0 radical (unpaired) electrons. The van der Waals surface area contributed by atoms with E-state index in [1.165, 1.54) is 0 Å². The number of carbonyl (C=O) groups is 1.